The van der Waals surface area contributed by atoms with Crippen LogP contribution in [-0.2, 0) is 11.3 Å². The molecule has 10 nitrogen and oxygen atoms in total. The summed E-state index contributed by atoms with van der Waals surface area (Å²) in [5, 5.41) is 11.6. The van der Waals surface area contributed by atoms with Gasteiger partial charge in [0, 0.05) is 11.8 Å². The van der Waals surface area contributed by atoms with Crippen molar-refractivity contribution >= 4 is 38.2 Å². The Balaban J connectivity index is 1.29. The Bertz CT molecular complexity index is 1730. The molecular weight excluding hydrogens is 466 g/mol. The topological polar surface area (TPSA) is 120 Å². The molecule has 0 aliphatic heterocycles. The first-order valence-electron chi connectivity index (χ1n) is 10.7. The number of nitrogens with zero attached hydrogens (tertiary/aromatic N) is 6. The van der Waals surface area contributed by atoms with Crippen molar-refractivity contribution in [3.63, 3.8) is 0 Å². The summed E-state index contributed by atoms with van der Waals surface area (Å²) in [5.74, 6) is 0.247. The Morgan fingerprint density at radius 3 is 2.71 bits per heavy atom. The van der Waals surface area contributed by atoms with E-state index in [1.807, 2.05) is 55.5 Å². The highest BCUT2D eigenvalue weighted by Gasteiger charge is 2.19. The number of nitrogens with one attached hydrogen (secondary N) is 1. The van der Waals surface area contributed by atoms with Gasteiger partial charge in [-0.2, -0.15) is 4.98 Å². The molecule has 0 saturated heterocycles. The first-order chi connectivity index (χ1) is 17.0. The van der Waals surface area contributed by atoms with E-state index in [2.05, 4.69) is 25.5 Å². The zero-order valence-corrected chi connectivity index (χ0v) is 19.2. The van der Waals surface area contributed by atoms with Crippen LogP contribution in [0.5, 0.6) is 0 Å². The molecule has 4 heterocycles. The monoisotopic (exact) mass is 483 g/mol. The van der Waals surface area contributed by atoms with Gasteiger partial charge in [0.2, 0.25) is 11.7 Å². The zero-order chi connectivity index (χ0) is 23.9. The quantitative estimate of drug-likeness (QED) is 0.396. The van der Waals surface area contributed by atoms with E-state index in [0.717, 1.165) is 26.0 Å². The van der Waals surface area contributed by atoms with Crippen LogP contribution in [0.2, 0.25) is 0 Å². The number of carbonyl (C=O) groups is 1. The van der Waals surface area contributed by atoms with Crippen molar-refractivity contribution < 1.29 is 9.32 Å². The van der Waals surface area contributed by atoms with Gasteiger partial charge >= 0.3 is 5.69 Å². The SMILES string of the molecule is Cc1ccc(-c2noc(-c3cccn4c(=O)n(CC(=O)Nc5nc6ccccc6s5)nc34)n2)cc1. The number of benzene rings is 2. The van der Waals surface area contributed by atoms with Crippen molar-refractivity contribution in [2.45, 2.75) is 13.5 Å². The molecule has 6 rings (SSSR count). The van der Waals surface area contributed by atoms with E-state index in [1.165, 1.54) is 15.7 Å². The van der Waals surface area contributed by atoms with Gasteiger partial charge < -0.3 is 9.84 Å². The fraction of sp³-hybridized carbons (Fsp3) is 0.0833. The average Bonchev–Trinajstić information content (AvgIpc) is 3.57. The van der Waals surface area contributed by atoms with Gasteiger partial charge in [0.15, 0.2) is 10.8 Å². The van der Waals surface area contributed by atoms with Gasteiger partial charge in [-0.05, 0) is 31.2 Å². The Kier molecular flexibility index (Phi) is 4.96. The predicted octanol–water partition coefficient (Wildman–Crippen LogP) is 3.77. The van der Waals surface area contributed by atoms with Gasteiger partial charge in [0.1, 0.15) is 6.54 Å². The highest BCUT2D eigenvalue weighted by molar-refractivity contribution is 7.22. The molecule has 0 fully saturated rings. The molecule has 0 saturated carbocycles. The van der Waals surface area contributed by atoms with Gasteiger partial charge in [-0.15, -0.1) is 5.10 Å². The van der Waals surface area contributed by atoms with Gasteiger partial charge in [-0.1, -0.05) is 58.5 Å². The molecule has 2 aromatic carbocycles. The van der Waals surface area contributed by atoms with Gasteiger partial charge in [0.05, 0.1) is 15.8 Å². The van der Waals surface area contributed by atoms with Crippen LogP contribution in [0.15, 0.2) is 76.2 Å². The number of carbonyl (C=O) groups excluding carboxylic acids is 1. The van der Waals surface area contributed by atoms with Crippen LogP contribution in [0.25, 0.3) is 38.7 Å². The van der Waals surface area contributed by atoms with Gasteiger partial charge in [-0.25, -0.2) is 18.9 Å². The molecule has 1 N–H and O–H groups in total. The summed E-state index contributed by atoms with van der Waals surface area (Å²) >= 11 is 1.36. The highest BCUT2D eigenvalue weighted by Crippen LogP contribution is 2.26. The first kappa shape index (κ1) is 20.9. The Morgan fingerprint density at radius 1 is 1.06 bits per heavy atom. The molecule has 4 aromatic heterocycles. The lowest BCUT2D eigenvalue weighted by Gasteiger charge is -2.00. The minimum atomic E-state index is -0.459. The Hall–Kier alpha value is -4.64. The van der Waals surface area contributed by atoms with E-state index in [9.17, 15) is 9.59 Å². The lowest BCUT2D eigenvalue weighted by Crippen LogP contribution is -2.28. The number of aromatic nitrogens is 6. The van der Waals surface area contributed by atoms with Crippen LogP contribution in [0.4, 0.5) is 5.13 Å². The van der Waals surface area contributed by atoms with Crippen LogP contribution >= 0.6 is 11.3 Å². The number of anilines is 1. The average molecular weight is 484 g/mol. The molecule has 0 radical (unpaired) electrons. The summed E-state index contributed by atoms with van der Waals surface area (Å²) in [4.78, 5) is 34.4. The van der Waals surface area contributed by atoms with Gasteiger partial charge in [-0.3, -0.25) is 4.79 Å². The maximum Gasteiger partial charge on any atom is 0.350 e. The Morgan fingerprint density at radius 2 is 1.89 bits per heavy atom. The third-order valence-electron chi connectivity index (χ3n) is 5.41. The third-order valence-corrected chi connectivity index (χ3v) is 6.36. The largest absolute Gasteiger partial charge is 0.350 e. The van der Waals surface area contributed by atoms with Crippen molar-refractivity contribution in [2.24, 2.45) is 0 Å². The van der Waals surface area contributed by atoms with Crippen LogP contribution < -0.4 is 11.0 Å². The lowest BCUT2D eigenvalue weighted by atomic mass is 10.1. The summed E-state index contributed by atoms with van der Waals surface area (Å²) < 4.78 is 8.87. The molecule has 35 heavy (non-hydrogen) atoms. The minimum Gasteiger partial charge on any atom is -0.333 e. The second-order valence-corrected chi connectivity index (χ2v) is 8.91. The second kappa shape index (κ2) is 8.29. The number of hydrogen-bond acceptors (Lipinski definition) is 8. The van der Waals surface area contributed by atoms with E-state index in [0.29, 0.717) is 22.2 Å². The number of hydrogen-bond donors (Lipinski definition) is 1. The maximum absolute atomic E-state index is 12.9. The number of fused-ring (bicyclic) bond motifs is 2. The molecule has 0 bridgehead atoms. The number of rotatable bonds is 5. The fourth-order valence-corrected chi connectivity index (χ4v) is 4.56. The smallest absolute Gasteiger partial charge is 0.333 e. The summed E-state index contributed by atoms with van der Waals surface area (Å²) in [6, 6.07) is 18.8. The lowest BCUT2D eigenvalue weighted by molar-refractivity contribution is -0.117. The van der Waals surface area contributed by atoms with Crippen LogP contribution in [0, 0.1) is 6.92 Å². The zero-order valence-electron chi connectivity index (χ0n) is 18.4. The molecule has 0 atom stereocenters. The van der Waals surface area contributed by atoms with Crippen LogP contribution in [-0.4, -0.2) is 35.2 Å². The summed E-state index contributed by atoms with van der Waals surface area (Å²) in [5.41, 5.74) is 3.07. The number of thiazole rings is 1. The van der Waals surface area contributed by atoms with Crippen molar-refractivity contribution in [3.05, 3.63) is 82.9 Å². The Labute approximate surface area is 201 Å². The second-order valence-electron chi connectivity index (χ2n) is 7.88. The summed E-state index contributed by atoms with van der Waals surface area (Å²) in [6.07, 6.45) is 1.58. The first-order valence-corrected chi connectivity index (χ1v) is 11.5. The van der Waals surface area contributed by atoms with Crippen molar-refractivity contribution in [3.8, 4) is 22.8 Å². The van der Waals surface area contributed by atoms with E-state index in [4.69, 9.17) is 4.52 Å². The normalized spacial score (nSPS) is 11.3. The van der Waals surface area contributed by atoms with E-state index in [1.54, 1.807) is 18.3 Å². The molecule has 0 unspecified atom stereocenters. The number of para-hydroxylation sites is 1. The standard InChI is InChI=1S/C24H17N7O3S/c1-14-8-10-15(11-9-14)20-27-22(34-29-20)16-5-4-12-30-21(16)28-31(24(30)33)13-19(32)26-23-25-17-6-2-3-7-18(17)35-23/h2-12H,13H2,1H3,(H,25,26,32). The molecule has 0 aliphatic rings. The molecule has 0 spiro atoms. The molecule has 172 valence electrons. The van der Waals surface area contributed by atoms with E-state index >= 15 is 0 Å². The van der Waals surface area contributed by atoms with Crippen LogP contribution in [0.3, 0.4) is 0 Å². The number of pyridine rings is 1. The fourth-order valence-electron chi connectivity index (χ4n) is 3.68. The van der Waals surface area contributed by atoms with E-state index < -0.39 is 11.6 Å². The third kappa shape index (κ3) is 3.87. The summed E-state index contributed by atoms with van der Waals surface area (Å²) in [7, 11) is 0. The minimum absolute atomic E-state index is 0.224. The molecule has 11 heteroatoms. The predicted molar refractivity (Wildman–Crippen MR) is 131 cm³/mol. The van der Waals surface area contributed by atoms with Crippen molar-refractivity contribution in [2.75, 3.05) is 5.32 Å². The maximum atomic E-state index is 12.9. The number of amides is 1. The molecule has 0 aliphatic carbocycles. The van der Waals surface area contributed by atoms with Crippen molar-refractivity contribution in [1.82, 2.24) is 29.3 Å². The summed E-state index contributed by atoms with van der Waals surface area (Å²) in [6.45, 7) is 1.73. The number of aryl methyl sites for hydroxylation is 1. The molecular formula is C24H17N7O3S. The van der Waals surface area contributed by atoms with Gasteiger partial charge in [0.25, 0.3) is 5.89 Å². The molecule has 6 aromatic rings. The van der Waals surface area contributed by atoms with E-state index in [-0.39, 0.29) is 12.4 Å². The van der Waals surface area contributed by atoms with Crippen molar-refractivity contribution in [1.29, 1.82) is 0 Å². The molecule has 1 amide bonds. The highest BCUT2D eigenvalue weighted by atomic mass is 32.1. The van der Waals surface area contributed by atoms with Crippen LogP contribution in [0.1, 0.15) is 5.56 Å².